The highest BCUT2D eigenvalue weighted by atomic mass is 35.5. The minimum atomic E-state index is -0.221. The second kappa shape index (κ2) is 9.53. The van der Waals surface area contributed by atoms with E-state index >= 15 is 0 Å². The van der Waals surface area contributed by atoms with Crippen LogP contribution in [-0.2, 0) is 0 Å². The van der Waals surface area contributed by atoms with Crippen molar-refractivity contribution in [2.45, 2.75) is 20.3 Å². The number of aromatic nitrogens is 2. The van der Waals surface area contributed by atoms with E-state index in [1.54, 1.807) is 26.2 Å². The minimum absolute atomic E-state index is 0.221. The quantitative estimate of drug-likeness (QED) is 0.673. The Balaban J connectivity index is 2.15. The highest BCUT2D eigenvalue weighted by Crippen LogP contribution is 2.32. The Labute approximate surface area is 165 Å². The molecule has 8 heteroatoms. The molecule has 0 aliphatic heterocycles. The Kier molecular flexibility index (Phi) is 7.38. The molecule has 0 saturated heterocycles. The van der Waals surface area contributed by atoms with Crippen LogP contribution in [-0.4, -0.2) is 55.1 Å². The summed E-state index contributed by atoms with van der Waals surface area (Å²) in [5.41, 5.74) is 1.94. The molecule has 0 aliphatic rings. The highest BCUT2D eigenvalue weighted by Gasteiger charge is 2.13. The zero-order valence-corrected chi connectivity index (χ0v) is 17.1. The molecule has 0 spiro atoms. The van der Waals surface area contributed by atoms with Gasteiger partial charge in [0.1, 0.15) is 23.1 Å². The Morgan fingerprint density at radius 1 is 1.22 bits per heavy atom. The van der Waals surface area contributed by atoms with E-state index in [1.165, 1.54) is 0 Å². The van der Waals surface area contributed by atoms with Crippen LogP contribution in [0.1, 0.15) is 28.3 Å². The Bertz CT molecular complexity index is 811. The third kappa shape index (κ3) is 6.08. The number of halogens is 1. The van der Waals surface area contributed by atoms with Gasteiger partial charge < -0.3 is 20.3 Å². The van der Waals surface area contributed by atoms with Gasteiger partial charge in [0.25, 0.3) is 5.91 Å². The lowest BCUT2D eigenvalue weighted by Crippen LogP contribution is -2.28. The molecular formula is C19H26ClN5O2. The van der Waals surface area contributed by atoms with E-state index in [9.17, 15) is 4.79 Å². The highest BCUT2D eigenvalue weighted by molar-refractivity contribution is 6.31. The van der Waals surface area contributed by atoms with Gasteiger partial charge in [-0.15, -0.1) is 0 Å². The van der Waals surface area contributed by atoms with Crippen molar-refractivity contribution in [3.63, 3.8) is 0 Å². The van der Waals surface area contributed by atoms with E-state index in [0.717, 1.165) is 24.2 Å². The maximum Gasteiger partial charge on any atom is 0.270 e. The van der Waals surface area contributed by atoms with Gasteiger partial charge in [0.05, 0.1) is 12.8 Å². The van der Waals surface area contributed by atoms with Gasteiger partial charge >= 0.3 is 0 Å². The van der Waals surface area contributed by atoms with Gasteiger partial charge in [-0.05, 0) is 52.5 Å². The summed E-state index contributed by atoms with van der Waals surface area (Å²) in [6.45, 7) is 5.15. The maximum absolute atomic E-state index is 12.4. The van der Waals surface area contributed by atoms with Gasteiger partial charge in [-0.2, -0.15) is 0 Å². The number of anilines is 2. The first kappa shape index (κ1) is 20.9. The third-order valence-corrected chi connectivity index (χ3v) is 4.29. The van der Waals surface area contributed by atoms with Crippen molar-refractivity contribution in [3.8, 4) is 5.75 Å². The van der Waals surface area contributed by atoms with Crippen molar-refractivity contribution >= 4 is 29.0 Å². The van der Waals surface area contributed by atoms with Crippen LogP contribution in [0.4, 0.5) is 11.5 Å². The molecule has 1 aromatic carbocycles. The molecule has 0 saturated carbocycles. The summed E-state index contributed by atoms with van der Waals surface area (Å²) in [6, 6.07) is 5.24. The van der Waals surface area contributed by atoms with E-state index in [4.69, 9.17) is 16.3 Å². The lowest BCUT2D eigenvalue weighted by Gasteiger charge is -2.14. The molecular weight excluding hydrogens is 366 g/mol. The van der Waals surface area contributed by atoms with Gasteiger partial charge in [-0.25, -0.2) is 9.97 Å². The number of methoxy groups -OCH3 is 1. The van der Waals surface area contributed by atoms with Crippen LogP contribution >= 0.6 is 11.6 Å². The van der Waals surface area contributed by atoms with E-state index in [2.05, 4.69) is 25.5 Å². The maximum atomic E-state index is 12.4. The normalized spacial score (nSPS) is 10.8. The number of aryl methyl sites for hydroxylation is 2. The number of carbonyl (C=O) groups excluding carboxylic acids is 1. The SMILES string of the molecule is COc1cc(Cl)c(C)cc1Nc1cc(C(=O)NCCCN(C)C)nc(C)n1. The zero-order chi connectivity index (χ0) is 20.0. The molecule has 1 heterocycles. The van der Waals surface area contributed by atoms with Crippen molar-refractivity contribution in [2.75, 3.05) is 39.6 Å². The molecule has 2 rings (SSSR count). The largest absolute Gasteiger partial charge is 0.495 e. The number of ether oxygens (including phenoxy) is 1. The fraction of sp³-hybridized carbons (Fsp3) is 0.421. The van der Waals surface area contributed by atoms with Crippen LogP contribution in [0.15, 0.2) is 18.2 Å². The summed E-state index contributed by atoms with van der Waals surface area (Å²) in [4.78, 5) is 23.1. The number of rotatable bonds is 8. The summed E-state index contributed by atoms with van der Waals surface area (Å²) in [6.07, 6.45) is 0.870. The summed E-state index contributed by atoms with van der Waals surface area (Å²) < 4.78 is 5.37. The molecule has 0 unspecified atom stereocenters. The second-order valence-electron chi connectivity index (χ2n) is 6.53. The van der Waals surface area contributed by atoms with Gasteiger partial charge in [-0.1, -0.05) is 11.6 Å². The molecule has 1 amide bonds. The number of hydrogen-bond donors (Lipinski definition) is 2. The molecule has 7 nitrogen and oxygen atoms in total. The molecule has 146 valence electrons. The first-order chi connectivity index (χ1) is 12.8. The Morgan fingerprint density at radius 3 is 2.63 bits per heavy atom. The Hall–Kier alpha value is -2.38. The van der Waals surface area contributed by atoms with Crippen molar-refractivity contribution in [1.82, 2.24) is 20.2 Å². The van der Waals surface area contributed by atoms with Gasteiger partial charge in [-0.3, -0.25) is 4.79 Å². The first-order valence-corrected chi connectivity index (χ1v) is 9.07. The van der Waals surface area contributed by atoms with Crippen LogP contribution in [0.25, 0.3) is 0 Å². The summed E-state index contributed by atoms with van der Waals surface area (Å²) in [5, 5.41) is 6.69. The van der Waals surface area contributed by atoms with E-state index in [1.807, 2.05) is 27.1 Å². The summed E-state index contributed by atoms with van der Waals surface area (Å²) in [5.74, 6) is 1.39. The fourth-order valence-corrected chi connectivity index (χ4v) is 2.66. The van der Waals surface area contributed by atoms with Crippen LogP contribution < -0.4 is 15.4 Å². The first-order valence-electron chi connectivity index (χ1n) is 8.70. The predicted molar refractivity (Wildman–Crippen MR) is 108 cm³/mol. The smallest absolute Gasteiger partial charge is 0.270 e. The van der Waals surface area contributed by atoms with Crippen molar-refractivity contribution in [1.29, 1.82) is 0 Å². The minimum Gasteiger partial charge on any atom is -0.495 e. The zero-order valence-electron chi connectivity index (χ0n) is 16.4. The summed E-state index contributed by atoms with van der Waals surface area (Å²) in [7, 11) is 5.57. The molecule has 1 aromatic heterocycles. The van der Waals surface area contributed by atoms with Crippen molar-refractivity contribution in [3.05, 3.63) is 40.3 Å². The number of nitrogens with zero attached hydrogens (tertiary/aromatic N) is 3. The summed E-state index contributed by atoms with van der Waals surface area (Å²) >= 11 is 6.15. The lowest BCUT2D eigenvalue weighted by molar-refractivity contribution is 0.0947. The number of nitrogens with one attached hydrogen (secondary N) is 2. The third-order valence-electron chi connectivity index (χ3n) is 3.88. The average Bonchev–Trinajstić information content (AvgIpc) is 2.60. The number of benzene rings is 1. The molecule has 0 atom stereocenters. The molecule has 27 heavy (non-hydrogen) atoms. The van der Waals surface area contributed by atoms with E-state index in [-0.39, 0.29) is 5.91 Å². The average molecular weight is 392 g/mol. The Morgan fingerprint density at radius 2 is 1.96 bits per heavy atom. The molecule has 0 aliphatic carbocycles. The van der Waals surface area contributed by atoms with E-state index in [0.29, 0.717) is 34.7 Å². The van der Waals surface area contributed by atoms with Crippen LogP contribution in [0, 0.1) is 13.8 Å². The second-order valence-corrected chi connectivity index (χ2v) is 6.93. The molecule has 2 aromatic rings. The van der Waals surface area contributed by atoms with Crippen molar-refractivity contribution < 1.29 is 9.53 Å². The van der Waals surface area contributed by atoms with E-state index < -0.39 is 0 Å². The van der Waals surface area contributed by atoms with Gasteiger partial charge in [0, 0.05) is 23.7 Å². The van der Waals surface area contributed by atoms with Crippen LogP contribution in [0.3, 0.4) is 0 Å². The number of hydrogen-bond acceptors (Lipinski definition) is 6. The lowest BCUT2D eigenvalue weighted by atomic mass is 10.2. The topological polar surface area (TPSA) is 79.4 Å². The molecule has 2 N–H and O–H groups in total. The fourth-order valence-electron chi connectivity index (χ4n) is 2.50. The molecule has 0 fully saturated rings. The predicted octanol–water partition coefficient (Wildman–Crippen LogP) is 3.18. The standard InChI is InChI=1S/C19H26ClN5O2/c1-12-9-15(17(27-5)10-14(12)20)24-18-11-16(22-13(2)23-18)19(26)21-7-6-8-25(3)4/h9-11H,6-8H2,1-5H3,(H,21,26)(H,22,23,24). The van der Waals surface area contributed by atoms with Crippen LogP contribution in [0.5, 0.6) is 5.75 Å². The monoisotopic (exact) mass is 391 g/mol. The number of amides is 1. The van der Waals surface area contributed by atoms with Crippen LogP contribution in [0.2, 0.25) is 5.02 Å². The molecule has 0 bridgehead atoms. The molecule has 0 radical (unpaired) electrons. The van der Waals surface area contributed by atoms with Gasteiger partial charge in [0.2, 0.25) is 0 Å². The van der Waals surface area contributed by atoms with Gasteiger partial charge in [0.15, 0.2) is 0 Å². The number of carbonyl (C=O) groups is 1. The van der Waals surface area contributed by atoms with Crippen molar-refractivity contribution in [2.24, 2.45) is 0 Å².